The van der Waals surface area contributed by atoms with E-state index in [2.05, 4.69) is 26.0 Å². The molecule has 1 aromatic rings. The van der Waals surface area contributed by atoms with Crippen LogP contribution in [0.4, 0.5) is 4.39 Å². The maximum absolute atomic E-state index is 13.0. The largest absolute Gasteiger partial charge is 0.368 e. The first-order valence-electron chi connectivity index (χ1n) is 7.67. The number of ether oxygens (including phenoxy) is 4. The van der Waals surface area contributed by atoms with E-state index in [1.54, 1.807) is 6.92 Å². The Balaban J connectivity index is 1.70. The summed E-state index contributed by atoms with van der Waals surface area (Å²) in [4.78, 5) is 0. The zero-order chi connectivity index (χ0) is 15.9. The van der Waals surface area contributed by atoms with Crippen molar-refractivity contribution in [2.75, 3.05) is 6.67 Å². The molecule has 0 aliphatic carbocycles. The summed E-state index contributed by atoms with van der Waals surface area (Å²) in [5, 5.41) is 0. The van der Waals surface area contributed by atoms with Gasteiger partial charge in [0.1, 0.15) is 18.9 Å². The molecule has 1 unspecified atom stereocenters. The lowest BCUT2D eigenvalue weighted by molar-refractivity contribution is -0.231. The van der Waals surface area contributed by atoms with Crippen molar-refractivity contribution in [1.82, 2.24) is 0 Å². The molecule has 0 radical (unpaired) electrons. The molecule has 0 N–H and O–H groups in total. The van der Waals surface area contributed by atoms with Crippen LogP contribution in [-0.4, -0.2) is 37.1 Å². The fraction of sp³-hybridized carbons (Fsp3) is 0.647. The zero-order valence-electron chi connectivity index (χ0n) is 13.5. The molecule has 5 heteroatoms. The highest BCUT2D eigenvalue weighted by atomic mass is 19.1. The van der Waals surface area contributed by atoms with Gasteiger partial charge < -0.3 is 18.9 Å². The van der Waals surface area contributed by atoms with Gasteiger partial charge in [0, 0.05) is 0 Å². The first kappa shape index (κ1) is 15.9. The monoisotopic (exact) mass is 310 g/mol. The Hall–Kier alpha value is -1.01. The van der Waals surface area contributed by atoms with Crippen LogP contribution in [0.5, 0.6) is 0 Å². The van der Waals surface area contributed by atoms with Crippen molar-refractivity contribution in [3.8, 4) is 0 Å². The van der Waals surface area contributed by atoms with Crippen LogP contribution in [0.3, 0.4) is 0 Å². The lowest BCUT2D eigenvalue weighted by Gasteiger charge is -2.25. The number of benzene rings is 1. The highest BCUT2D eigenvalue weighted by Crippen LogP contribution is 2.39. The van der Waals surface area contributed by atoms with Crippen molar-refractivity contribution < 1.29 is 23.3 Å². The van der Waals surface area contributed by atoms with Gasteiger partial charge in [-0.2, -0.15) is 0 Å². The van der Waals surface area contributed by atoms with Crippen molar-refractivity contribution >= 4 is 0 Å². The number of hydrogen-bond donors (Lipinski definition) is 0. The lowest BCUT2D eigenvalue weighted by Crippen LogP contribution is -2.37. The Bertz CT molecular complexity index is 529. The number of fused-ring (bicyclic) bond motifs is 1. The molecule has 1 aromatic carbocycles. The Morgan fingerprint density at radius 3 is 2.55 bits per heavy atom. The van der Waals surface area contributed by atoms with Crippen LogP contribution in [0.1, 0.15) is 30.5 Å². The van der Waals surface area contributed by atoms with Gasteiger partial charge in [0.05, 0.1) is 12.7 Å². The summed E-state index contributed by atoms with van der Waals surface area (Å²) in [6.07, 6.45) is -1.36. The average Bonchev–Trinajstić information content (AvgIpc) is 2.92. The van der Waals surface area contributed by atoms with Gasteiger partial charge >= 0.3 is 0 Å². The van der Waals surface area contributed by atoms with Gasteiger partial charge in [-0.3, -0.25) is 0 Å². The minimum atomic E-state index is -1.23. The molecule has 2 aliphatic rings. The molecule has 0 bridgehead atoms. The molecule has 22 heavy (non-hydrogen) atoms. The van der Waals surface area contributed by atoms with Gasteiger partial charge in [-0.1, -0.05) is 18.2 Å². The third-order valence-corrected chi connectivity index (χ3v) is 4.46. The van der Waals surface area contributed by atoms with E-state index in [0.29, 0.717) is 6.61 Å². The second-order valence-electron chi connectivity index (χ2n) is 6.32. The fourth-order valence-electron chi connectivity index (χ4n) is 3.12. The summed E-state index contributed by atoms with van der Waals surface area (Å²) in [7, 11) is 0. The Labute approximate surface area is 130 Å². The van der Waals surface area contributed by atoms with Crippen LogP contribution >= 0.6 is 0 Å². The van der Waals surface area contributed by atoms with Crippen molar-refractivity contribution in [2.24, 2.45) is 0 Å². The molecule has 2 fully saturated rings. The van der Waals surface area contributed by atoms with E-state index in [1.165, 1.54) is 16.7 Å². The van der Waals surface area contributed by atoms with Crippen LogP contribution in [0.15, 0.2) is 18.2 Å². The fourth-order valence-corrected chi connectivity index (χ4v) is 3.12. The third kappa shape index (κ3) is 2.78. The van der Waals surface area contributed by atoms with E-state index in [4.69, 9.17) is 18.9 Å². The van der Waals surface area contributed by atoms with E-state index in [-0.39, 0.29) is 18.3 Å². The molecule has 2 heterocycles. The van der Waals surface area contributed by atoms with Gasteiger partial charge in [-0.15, -0.1) is 0 Å². The van der Waals surface area contributed by atoms with E-state index < -0.39 is 18.8 Å². The second kappa shape index (κ2) is 5.89. The molecule has 0 aromatic heterocycles. The number of halogens is 1. The van der Waals surface area contributed by atoms with Crippen LogP contribution in [0.25, 0.3) is 0 Å². The molecule has 2 saturated heterocycles. The van der Waals surface area contributed by atoms with Gasteiger partial charge in [0.15, 0.2) is 12.1 Å². The summed E-state index contributed by atoms with van der Waals surface area (Å²) in [6.45, 7) is 7.42. The molecule has 0 amide bonds. The zero-order valence-corrected chi connectivity index (χ0v) is 13.5. The summed E-state index contributed by atoms with van der Waals surface area (Å²) >= 11 is 0. The van der Waals surface area contributed by atoms with Crippen LogP contribution in [0.2, 0.25) is 0 Å². The molecule has 5 atom stereocenters. The number of aryl methyl sites for hydroxylation is 2. The molecule has 2 aliphatic heterocycles. The predicted octanol–water partition coefficient (Wildman–Crippen LogP) is 3.03. The Morgan fingerprint density at radius 2 is 1.91 bits per heavy atom. The maximum atomic E-state index is 13.0. The first-order valence-corrected chi connectivity index (χ1v) is 7.67. The van der Waals surface area contributed by atoms with Gasteiger partial charge in [0.2, 0.25) is 0 Å². The highest BCUT2D eigenvalue weighted by molar-refractivity contribution is 5.32. The molecular formula is C17H23FO4. The molecule has 4 nitrogen and oxygen atoms in total. The Kier molecular flexibility index (Phi) is 4.25. The average molecular weight is 310 g/mol. The van der Waals surface area contributed by atoms with Crippen LogP contribution in [-0.2, 0) is 25.6 Å². The van der Waals surface area contributed by atoms with Gasteiger partial charge in [0.25, 0.3) is 0 Å². The summed E-state index contributed by atoms with van der Waals surface area (Å²) < 4.78 is 36.0. The normalized spacial score (nSPS) is 37.5. The third-order valence-electron chi connectivity index (χ3n) is 4.46. The quantitative estimate of drug-likeness (QED) is 0.856. The highest BCUT2D eigenvalue weighted by Gasteiger charge is 2.55. The van der Waals surface area contributed by atoms with Gasteiger partial charge in [-0.25, -0.2) is 4.39 Å². The number of rotatable bonds is 4. The van der Waals surface area contributed by atoms with Crippen molar-refractivity contribution in [3.05, 3.63) is 34.9 Å². The minimum Gasteiger partial charge on any atom is -0.368 e. The van der Waals surface area contributed by atoms with Gasteiger partial charge in [-0.05, 0) is 44.4 Å². The van der Waals surface area contributed by atoms with E-state index in [9.17, 15) is 4.39 Å². The van der Waals surface area contributed by atoms with Crippen molar-refractivity contribution in [1.29, 1.82) is 0 Å². The molecule has 0 spiro atoms. The molecular weight excluding hydrogens is 287 g/mol. The maximum Gasteiger partial charge on any atom is 0.197 e. The summed E-state index contributed by atoms with van der Waals surface area (Å²) in [5.41, 5.74) is 3.56. The first-order chi connectivity index (χ1) is 10.4. The predicted molar refractivity (Wildman–Crippen MR) is 79.2 cm³/mol. The Morgan fingerprint density at radius 1 is 1.23 bits per heavy atom. The second-order valence-corrected chi connectivity index (χ2v) is 6.32. The summed E-state index contributed by atoms with van der Waals surface area (Å²) in [5.74, 6) is -1.23. The van der Waals surface area contributed by atoms with Crippen molar-refractivity contribution in [2.45, 2.75) is 64.7 Å². The van der Waals surface area contributed by atoms with Crippen molar-refractivity contribution in [3.63, 3.8) is 0 Å². The van der Waals surface area contributed by atoms with E-state index in [0.717, 1.165) is 0 Å². The van der Waals surface area contributed by atoms with E-state index in [1.807, 2.05) is 13.0 Å². The van der Waals surface area contributed by atoms with Crippen LogP contribution in [0, 0.1) is 13.8 Å². The molecule has 3 rings (SSSR count). The molecule has 122 valence electrons. The number of hydrogen-bond acceptors (Lipinski definition) is 4. The number of alkyl halides is 1. The minimum absolute atomic E-state index is 0.150. The standard InChI is InChI=1S/C17H23FO4/c1-10-6-5-7-11(2)13(10)8-19-14-12(3)20-16-15(14)21-17(4,9-18)22-16/h5-7,12,14-16H,8-9H2,1-4H3/t12-,14+,15-,16-,17?/m1/s1. The SMILES string of the molecule is Cc1cccc(C)c1CO[C@@H]1[C@H]2OC(C)(CF)O[C@H]2O[C@@H]1C. The summed E-state index contributed by atoms with van der Waals surface area (Å²) in [6, 6.07) is 6.17. The molecule has 0 saturated carbocycles. The lowest BCUT2D eigenvalue weighted by atomic mass is 10.0. The topological polar surface area (TPSA) is 36.9 Å². The smallest absolute Gasteiger partial charge is 0.197 e. The van der Waals surface area contributed by atoms with E-state index >= 15 is 0 Å². The van der Waals surface area contributed by atoms with Crippen LogP contribution < -0.4 is 0 Å².